The summed E-state index contributed by atoms with van der Waals surface area (Å²) in [5, 5.41) is 5.49. The molecule has 1 saturated heterocycles. The van der Waals surface area contributed by atoms with Crippen molar-refractivity contribution in [3.8, 4) is 0 Å². The average molecular weight is 415 g/mol. The van der Waals surface area contributed by atoms with E-state index in [2.05, 4.69) is 10.6 Å². The standard InChI is InChI=1S/C20H28F3N3O3/c1-13(17(27)24-15-7-5-14(6-8-15)20(21,22)23)26-11-9-16(10-12-26)25-18(28)29-19(2,3)4/h5-8,13,16H,9-12H2,1-4H3,(H,24,27)(H,25,28). The maximum atomic E-state index is 12.6. The van der Waals surface area contributed by atoms with E-state index in [1.54, 1.807) is 27.7 Å². The Labute approximate surface area is 168 Å². The van der Waals surface area contributed by atoms with Crippen molar-refractivity contribution in [2.75, 3.05) is 18.4 Å². The maximum absolute atomic E-state index is 12.6. The Morgan fingerprint density at radius 3 is 2.14 bits per heavy atom. The van der Waals surface area contributed by atoms with Crippen LogP contribution in [0, 0.1) is 0 Å². The Kier molecular flexibility index (Phi) is 7.15. The number of amides is 2. The lowest BCUT2D eigenvalue weighted by atomic mass is 10.0. The molecule has 29 heavy (non-hydrogen) atoms. The number of carbonyl (C=O) groups excluding carboxylic acids is 2. The third-order valence-electron chi connectivity index (χ3n) is 4.66. The van der Waals surface area contributed by atoms with Crippen LogP contribution in [0.2, 0.25) is 0 Å². The van der Waals surface area contributed by atoms with Crippen LogP contribution in [-0.2, 0) is 15.7 Å². The molecule has 1 unspecified atom stereocenters. The van der Waals surface area contributed by atoms with E-state index in [-0.39, 0.29) is 11.9 Å². The summed E-state index contributed by atoms with van der Waals surface area (Å²) in [5.41, 5.74) is -1.00. The van der Waals surface area contributed by atoms with Gasteiger partial charge in [-0.1, -0.05) is 0 Å². The number of hydrogen-bond donors (Lipinski definition) is 2. The molecule has 1 aromatic carbocycles. The number of likely N-dealkylation sites (tertiary alicyclic amines) is 1. The van der Waals surface area contributed by atoms with E-state index in [0.717, 1.165) is 12.1 Å². The molecule has 6 nitrogen and oxygen atoms in total. The van der Waals surface area contributed by atoms with Crippen molar-refractivity contribution >= 4 is 17.7 Å². The van der Waals surface area contributed by atoms with Gasteiger partial charge in [0.1, 0.15) is 5.60 Å². The molecule has 1 aromatic rings. The molecule has 0 spiro atoms. The second kappa shape index (κ2) is 9.02. The van der Waals surface area contributed by atoms with E-state index >= 15 is 0 Å². The summed E-state index contributed by atoms with van der Waals surface area (Å²) in [6, 6.07) is 3.89. The summed E-state index contributed by atoms with van der Waals surface area (Å²) in [5.74, 6) is -0.289. The molecule has 1 aliphatic heterocycles. The minimum atomic E-state index is -4.41. The van der Waals surface area contributed by atoms with Gasteiger partial charge in [0, 0.05) is 24.8 Å². The van der Waals surface area contributed by atoms with E-state index in [4.69, 9.17) is 4.74 Å². The van der Waals surface area contributed by atoms with E-state index in [1.807, 2.05) is 4.90 Å². The van der Waals surface area contributed by atoms with E-state index in [1.165, 1.54) is 12.1 Å². The lowest BCUT2D eigenvalue weighted by Crippen LogP contribution is -2.51. The quantitative estimate of drug-likeness (QED) is 0.779. The van der Waals surface area contributed by atoms with Crippen LogP contribution >= 0.6 is 0 Å². The lowest BCUT2D eigenvalue weighted by Gasteiger charge is -2.35. The number of benzene rings is 1. The van der Waals surface area contributed by atoms with Crippen molar-refractivity contribution < 1.29 is 27.5 Å². The zero-order valence-electron chi connectivity index (χ0n) is 17.1. The second-order valence-corrected chi connectivity index (χ2v) is 8.20. The maximum Gasteiger partial charge on any atom is 0.416 e. The van der Waals surface area contributed by atoms with Crippen molar-refractivity contribution in [3.63, 3.8) is 0 Å². The fourth-order valence-corrected chi connectivity index (χ4v) is 3.06. The third kappa shape index (κ3) is 7.23. The van der Waals surface area contributed by atoms with Crippen molar-refractivity contribution in [1.82, 2.24) is 10.2 Å². The summed E-state index contributed by atoms with van der Waals surface area (Å²) >= 11 is 0. The highest BCUT2D eigenvalue weighted by molar-refractivity contribution is 5.94. The molecule has 0 radical (unpaired) electrons. The van der Waals surface area contributed by atoms with Gasteiger partial charge in [0.2, 0.25) is 5.91 Å². The van der Waals surface area contributed by atoms with Crippen LogP contribution in [0.25, 0.3) is 0 Å². The van der Waals surface area contributed by atoms with Gasteiger partial charge in [-0.2, -0.15) is 13.2 Å². The predicted octanol–water partition coefficient (Wildman–Crippen LogP) is 4.02. The molecule has 2 amide bonds. The number of nitrogens with zero attached hydrogens (tertiary/aromatic N) is 1. The van der Waals surface area contributed by atoms with Crippen LogP contribution in [0.3, 0.4) is 0 Å². The fourth-order valence-electron chi connectivity index (χ4n) is 3.06. The molecule has 1 heterocycles. The molecule has 9 heteroatoms. The minimum absolute atomic E-state index is 0.0220. The van der Waals surface area contributed by atoms with Crippen molar-refractivity contribution in [3.05, 3.63) is 29.8 Å². The van der Waals surface area contributed by atoms with Crippen LogP contribution in [0.4, 0.5) is 23.7 Å². The molecule has 2 rings (SSSR count). The second-order valence-electron chi connectivity index (χ2n) is 8.20. The van der Waals surface area contributed by atoms with Gasteiger partial charge in [0.05, 0.1) is 11.6 Å². The summed E-state index contributed by atoms with van der Waals surface area (Å²) < 4.78 is 43.1. The summed E-state index contributed by atoms with van der Waals surface area (Å²) in [6.45, 7) is 8.37. The van der Waals surface area contributed by atoms with Gasteiger partial charge in [-0.25, -0.2) is 4.79 Å². The van der Waals surface area contributed by atoms with Crippen LogP contribution < -0.4 is 10.6 Å². The van der Waals surface area contributed by atoms with Crippen LogP contribution in [0.15, 0.2) is 24.3 Å². The van der Waals surface area contributed by atoms with Crippen LogP contribution in [0.1, 0.15) is 46.1 Å². The normalized spacial score (nSPS) is 17.5. The average Bonchev–Trinajstić information content (AvgIpc) is 2.59. The Bertz CT molecular complexity index is 706. The van der Waals surface area contributed by atoms with Crippen molar-refractivity contribution in [2.24, 2.45) is 0 Å². The number of carbonyl (C=O) groups is 2. The number of alkyl carbamates (subject to hydrolysis) is 1. The number of nitrogens with one attached hydrogen (secondary N) is 2. The van der Waals surface area contributed by atoms with Gasteiger partial charge < -0.3 is 15.4 Å². The van der Waals surface area contributed by atoms with Crippen molar-refractivity contribution in [1.29, 1.82) is 0 Å². The number of alkyl halides is 3. The van der Waals surface area contributed by atoms with Gasteiger partial charge >= 0.3 is 12.3 Å². The van der Waals surface area contributed by atoms with Gasteiger partial charge in [0.25, 0.3) is 0 Å². The van der Waals surface area contributed by atoms with Gasteiger partial charge in [-0.05, 0) is 64.8 Å². The molecule has 162 valence electrons. The van der Waals surface area contributed by atoms with Crippen LogP contribution in [-0.4, -0.2) is 47.7 Å². The Balaban J connectivity index is 1.81. The predicted molar refractivity (Wildman–Crippen MR) is 104 cm³/mol. The van der Waals surface area contributed by atoms with Gasteiger partial charge in [-0.3, -0.25) is 9.69 Å². The number of hydrogen-bond acceptors (Lipinski definition) is 4. The monoisotopic (exact) mass is 415 g/mol. The first-order chi connectivity index (χ1) is 13.3. The Morgan fingerprint density at radius 1 is 1.10 bits per heavy atom. The topological polar surface area (TPSA) is 70.7 Å². The minimum Gasteiger partial charge on any atom is -0.444 e. The highest BCUT2D eigenvalue weighted by atomic mass is 19.4. The zero-order valence-corrected chi connectivity index (χ0v) is 17.1. The molecule has 0 bridgehead atoms. The summed E-state index contributed by atoms with van der Waals surface area (Å²) in [7, 11) is 0. The number of rotatable bonds is 4. The first kappa shape index (κ1) is 23.0. The molecule has 0 aliphatic carbocycles. The molecular weight excluding hydrogens is 387 g/mol. The molecule has 1 aliphatic rings. The number of halogens is 3. The molecule has 2 N–H and O–H groups in total. The summed E-state index contributed by atoms with van der Waals surface area (Å²) in [6.07, 6.45) is -3.51. The van der Waals surface area contributed by atoms with Crippen LogP contribution in [0.5, 0.6) is 0 Å². The number of piperidine rings is 1. The first-order valence-electron chi connectivity index (χ1n) is 9.57. The Hall–Kier alpha value is -2.29. The fraction of sp³-hybridized carbons (Fsp3) is 0.600. The van der Waals surface area contributed by atoms with E-state index in [0.29, 0.717) is 31.6 Å². The Morgan fingerprint density at radius 2 is 1.66 bits per heavy atom. The highest BCUT2D eigenvalue weighted by Crippen LogP contribution is 2.29. The molecule has 0 saturated carbocycles. The van der Waals surface area contributed by atoms with Gasteiger partial charge in [-0.15, -0.1) is 0 Å². The first-order valence-corrected chi connectivity index (χ1v) is 9.57. The molecule has 0 aromatic heterocycles. The lowest BCUT2D eigenvalue weighted by molar-refractivity contribution is -0.137. The largest absolute Gasteiger partial charge is 0.444 e. The summed E-state index contributed by atoms with van der Waals surface area (Å²) in [4.78, 5) is 26.3. The SMILES string of the molecule is CC(C(=O)Nc1ccc(C(F)(F)F)cc1)N1CCC(NC(=O)OC(C)(C)C)CC1. The third-order valence-corrected chi connectivity index (χ3v) is 4.66. The smallest absolute Gasteiger partial charge is 0.416 e. The molecule has 1 atom stereocenters. The number of ether oxygens (including phenoxy) is 1. The van der Waals surface area contributed by atoms with Crippen molar-refractivity contribution in [2.45, 2.75) is 64.4 Å². The van der Waals surface area contributed by atoms with Gasteiger partial charge in [0.15, 0.2) is 0 Å². The number of anilines is 1. The molecular formula is C20H28F3N3O3. The zero-order chi connectivity index (χ0) is 21.8. The van der Waals surface area contributed by atoms with E-state index < -0.39 is 29.5 Å². The van der Waals surface area contributed by atoms with E-state index in [9.17, 15) is 22.8 Å². The molecule has 1 fully saturated rings. The highest BCUT2D eigenvalue weighted by Gasteiger charge is 2.31.